The number of piperidine rings is 1. The predicted molar refractivity (Wildman–Crippen MR) is 92.1 cm³/mol. The molecule has 1 aromatic heterocycles. The number of fused-ring (bicyclic) bond motifs is 2. The number of nitrogens with zero attached hydrogens (tertiary/aromatic N) is 2. The third-order valence-electron chi connectivity index (χ3n) is 4.73. The van der Waals surface area contributed by atoms with Crippen molar-refractivity contribution in [3.05, 3.63) is 23.9 Å². The van der Waals surface area contributed by atoms with Crippen LogP contribution in [0.5, 0.6) is 5.88 Å². The van der Waals surface area contributed by atoms with Gasteiger partial charge >= 0.3 is 6.09 Å². The molecule has 0 radical (unpaired) electrons. The lowest BCUT2D eigenvalue weighted by atomic mass is 10.0. The Kier molecular flexibility index (Phi) is 4.70. The molecule has 5 nitrogen and oxygen atoms in total. The molecule has 132 valence electrons. The molecule has 2 aliphatic rings. The molecule has 3 atom stereocenters. The van der Waals surface area contributed by atoms with Crippen molar-refractivity contribution in [2.24, 2.45) is 0 Å². The standard InChI is InChI=1S/C19H28N2O3/c1-5-13-7-6-8-17(20-13)23-16-11-14-9-10-15(12-16)21(14)18(22)24-19(2,3)4/h6-8,14-16H,5,9-12H2,1-4H3/t14-,15+,16+. The zero-order chi connectivity index (χ0) is 17.3. The Morgan fingerprint density at radius 1 is 1.25 bits per heavy atom. The molecule has 24 heavy (non-hydrogen) atoms. The number of carbonyl (C=O) groups excluding carboxylic acids is 1. The minimum Gasteiger partial charge on any atom is -0.474 e. The third-order valence-corrected chi connectivity index (χ3v) is 4.73. The molecule has 3 heterocycles. The van der Waals surface area contributed by atoms with Gasteiger partial charge in [-0.25, -0.2) is 9.78 Å². The van der Waals surface area contributed by atoms with Gasteiger partial charge < -0.3 is 14.4 Å². The number of hydrogen-bond acceptors (Lipinski definition) is 4. The van der Waals surface area contributed by atoms with Crippen molar-refractivity contribution in [1.82, 2.24) is 9.88 Å². The van der Waals surface area contributed by atoms with E-state index in [9.17, 15) is 4.79 Å². The highest BCUT2D eigenvalue weighted by atomic mass is 16.6. The lowest BCUT2D eigenvalue weighted by Crippen LogP contribution is -2.50. The molecule has 0 aromatic carbocycles. The molecule has 1 amide bonds. The van der Waals surface area contributed by atoms with Crippen molar-refractivity contribution < 1.29 is 14.3 Å². The largest absolute Gasteiger partial charge is 0.474 e. The number of aryl methyl sites for hydroxylation is 1. The van der Waals surface area contributed by atoms with Crippen molar-refractivity contribution in [3.8, 4) is 5.88 Å². The highest BCUT2D eigenvalue weighted by Gasteiger charge is 2.45. The third kappa shape index (κ3) is 3.82. The second-order valence-corrected chi connectivity index (χ2v) is 7.80. The van der Waals surface area contributed by atoms with E-state index < -0.39 is 5.60 Å². The van der Waals surface area contributed by atoms with Crippen LogP contribution in [-0.2, 0) is 11.2 Å². The van der Waals surface area contributed by atoms with Gasteiger partial charge in [0.05, 0.1) is 0 Å². The fourth-order valence-corrected chi connectivity index (χ4v) is 3.73. The Morgan fingerprint density at radius 3 is 2.50 bits per heavy atom. The van der Waals surface area contributed by atoms with Gasteiger partial charge in [0.1, 0.15) is 11.7 Å². The monoisotopic (exact) mass is 332 g/mol. The lowest BCUT2D eigenvalue weighted by molar-refractivity contribution is -0.00760. The van der Waals surface area contributed by atoms with Crippen LogP contribution >= 0.6 is 0 Å². The predicted octanol–water partition coefficient (Wildman–Crippen LogP) is 3.95. The summed E-state index contributed by atoms with van der Waals surface area (Å²) in [7, 11) is 0. The summed E-state index contributed by atoms with van der Waals surface area (Å²) < 4.78 is 11.7. The minimum atomic E-state index is -0.450. The maximum atomic E-state index is 12.5. The first-order valence-electron chi connectivity index (χ1n) is 8.99. The maximum Gasteiger partial charge on any atom is 0.410 e. The Balaban J connectivity index is 1.63. The molecule has 0 N–H and O–H groups in total. The van der Waals surface area contributed by atoms with Gasteiger partial charge in [-0.2, -0.15) is 0 Å². The molecular weight excluding hydrogens is 304 g/mol. The number of pyridine rings is 1. The molecule has 3 rings (SSSR count). The highest BCUT2D eigenvalue weighted by Crippen LogP contribution is 2.38. The van der Waals surface area contributed by atoms with Gasteiger partial charge in [0.25, 0.3) is 0 Å². The number of carbonyl (C=O) groups is 1. The second kappa shape index (κ2) is 6.61. The van der Waals surface area contributed by atoms with Gasteiger partial charge in [-0.1, -0.05) is 13.0 Å². The minimum absolute atomic E-state index is 0.126. The number of amides is 1. The van der Waals surface area contributed by atoms with E-state index in [1.54, 1.807) is 0 Å². The number of ether oxygens (including phenoxy) is 2. The van der Waals surface area contributed by atoms with Gasteiger partial charge in [-0.3, -0.25) is 0 Å². The van der Waals surface area contributed by atoms with Crippen LogP contribution in [0.4, 0.5) is 4.79 Å². The number of hydrogen-bond donors (Lipinski definition) is 0. The average molecular weight is 332 g/mol. The zero-order valence-electron chi connectivity index (χ0n) is 15.1. The van der Waals surface area contributed by atoms with Crippen LogP contribution in [0.15, 0.2) is 18.2 Å². The van der Waals surface area contributed by atoms with Crippen LogP contribution < -0.4 is 4.74 Å². The van der Waals surface area contributed by atoms with Crippen LogP contribution in [0.3, 0.4) is 0 Å². The van der Waals surface area contributed by atoms with Crippen LogP contribution in [0.1, 0.15) is 59.1 Å². The van der Waals surface area contributed by atoms with Crippen LogP contribution in [-0.4, -0.2) is 39.8 Å². The molecule has 0 unspecified atom stereocenters. The van der Waals surface area contributed by atoms with Crippen molar-refractivity contribution in [2.75, 3.05) is 0 Å². The van der Waals surface area contributed by atoms with Gasteiger partial charge in [-0.15, -0.1) is 0 Å². The topological polar surface area (TPSA) is 51.7 Å². The van der Waals surface area contributed by atoms with E-state index in [4.69, 9.17) is 9.47 Å². The Morgan fingerprint density at radius 2 is 1.92 bits per heavy atom. The van der Waals surface area contributed by atoms with E-state index in [0.29, 0.717) is 5.88 Å². The summed E-state index contributed by atoms with van der Waals surface area (Å²) in [6.07, 6.45) is 4.62. The van der Waals surface area contributed by atoms with Crippen LogP contribution in [0, 0.1) is 0 Å². The fourth-order valence-electron chi connectivity index (χ4n) is 3.73. The van der Waals surface area contributed by atoms with Crippen LogP contribution in [0.2, 0.25) is 0 Å². The summed E-state index contributed by atoms with van der Waals surface area (Å²) in [6.45, 7) is 7.82. The molecule has 2 aliphatic heterocycles. The van der Waals surface area contributed by atoms with Gasteiger partial charge in [0.2, 0.25) is 5.88 Å². The summed E-state index contributed by atoms with van der Waals surface area (Å²) in [4.78, 5) is 19.0. The van der Waals surface area contributed by atoms with Gasteiger partial charge in [0, 0.05) is 36.7 Å². The molecule has 1 aromatic rings. The average Bonchev–Trinajstić information content (AvgIpc) is 2.77. The molecule has 0 saturated carbocycles. The molecule has 5 heteroatoms. The van der Waals surface area contributed by atoms with E-state index in [2.05, 4.69) is 11.9 Å². The first-order valence-corrected chi connectivity index (χ1v) is 8.99. The summed E-state index contributed by atoms with van der Waals surface area (Å²) in [5.74, 6) is 0.699. The molecule has 0 aliphatic carbocycles. The van der Waals surface area contributed by atoms with Crippen molar-refractivity contribution in [1.29, 1.82) is 0 Å². The molecule has 2 saturated heterocycles. The van der Waals surface area contributed by atoms with Crippen molar-refractivity contribution in [2.45, 2.75) is 83.6 Å². The maximum absolute atomic E-state index is 12.5. The first kappa shape index (κ1) is 17.1. The molecule has 0 spiro atoms. The highest BCUT2D eigenvalue weighted by molar-refractivity contribution is 5.69. The van der Waals surface area contributed by atoms with E-state index in [0.717, 1.165) is 37.8 Å². The molecule has 2 fully saturated rings. The number of aromatic nitrogens is 1. The first-order chi connectivity index (χ1) is 11.4. The Hall–Kier alpha value is -1.78. The molecule has 2 bridgehead atoms. The second-order valence-electron chi connectivity index (χ2n) is 7.80. The Bertz CT molecular complexity index is 583. The smallest absolute Gasteiger partial charge is 0.410 e. The Labute approximate surface area is 144 Å². The summed E-state index contributed by atoms with van der Waals surface area (Å²) in [6, 6.07) is 6.37. The lowest BCUT2D eigenvalue weighted by Gasteiger charge is -2.39. The van der Waals surface area contributed by atoms with Gasteiger partial charge in [0.15, 0.2) is 0 Å². The molecular formula is C19H28N2O3. The quantitative estimate of drug-likeness (QED) is 0.841. The summed E-state index contributed by atoms with van der Waals surface area (Å²) >= 11 is 0. The van der Waals surface area contributed by atoms with Crippen molar-refractivity contribution in [3.63, 3.8) is 0 Å². The summed E-state index contributed by atoms with van der Waals surface area (Å²) in [5, 5.41) is 0. The van der Waals surface area contributed by atoms with Crippen molar-refractivity contribution >= 4 is 6.09 Å². The van der Waals surface area contributed by atoms with Crippen LogP contribution in [0.25, 0.3) is 0 Å². The fraction of sp³-hybridized carbons (Fsp3) is 0.684. The summed E-state index contributed by atoms with van der Waals surface area (Å²) in [5.41, 5.74) is 0.593. The normalized spacial score (nSPS) is 26.3. The zero-order valence-corrected chi connectivity index (χ0v) is 15.1. The SMILES string of the molecule is CCc1cccc(O[C@H]2C[C@H]3CC[C@@H](C2)N3C(=O)OC(C)(C)C)n1. The van der Waals surface area contributed by atoms with E-state index in [1.807, 2.05) is 43.9 Å². The van der Waals surface area contributed by atoms with Gasteiger partial charge in [-0.05, 0) is 46.1 Å². The van der Waals surface area contributed by atoms with E-state index in [1.165, 1.54) is 0 Å². The van der Waals surface area contributed by atoms with E-state index >= 15 is 0 Å². The van der Waals surface area contributed by atoms with E-state index in [-0.39, 0.29) is 24.3 Å². The number of rotatable bonds is 3.